The van der Waals surface area contributed by atoms with Crippen LogP contribution in [-0.4, -0.2) is 54.8 Å². The van der Waals surface area contributed by atoms with E-state index in [4.69, 9.17) is 19.4 Å². The Balaban J connectivity index is 1.01. The second-order valence-corrected chi connectivity index (χ2v) is 17.7. The smallest absolute Gasteiger partial charge is 0.410 e. The molecule has 1 atom stereocenters. The van der Waals surface area contributed by atoms with Crippen LogP contribution in [0.25, 0.3) is 44.5 Å². The molecule has 2 aliphatic carbocycles. The van der Waals surface area contributed by atoms with Gasteiger partial charge in [-0.2, -0.15) is 0 Å². The standard InChI is InChI=1S/C45H54N6O4/c1-43(2,3)54-41(52)50-45(23-8-7-9-24-45)40-47-34-22-20-31(27-36(34)48-40)29-17-15-28(16-18-29)30-19-21-33-32(26-30)12-10-13-35-38(33)49-39(46-35)37-14-11-25-51(37)42(53)55-44(4,5)6/h15-22,26-27,37H,7-14,23-25H2,1-6H3,(H,46,49)(H,47,48)(H,50,52)/t37-/m0/s1. The number of nitrogens with zero attached hydrogens (tertiary/aromatic N) is 3. The molecule has 1 saturated heterocycles. The van der Waals surface area contributed by atoms with Gasteiger partial charge in [-0.1, -0.05) is 67.8 Å². The quantitative estimate of drug-likeness (QED) is 0.165. The van der Waals surface area contributed by atoms with Gasteiger partial charge in [-0.3, -0.25) is 4.90 Å². The van der Waals surface area contributed by atoms with E-state index in [0.717, 1.165) is 115 Å². The number of H-pyrrole nitrogens is 2. The lowest BCUT2D eigenvalue weighted by Gasteiger charge is -2.36. The van der Waals surface area contributed by atoms with Crippen molar-refractivity contribution >= 4 is 23.2 Å². The highest BCUT2D eigenvalue weighted by Crippen LogP contribution is 2.40. The molecule has 288 valence electrons. The number of ether oxygens (including phenoxy) is 2. The zero-order valence-electron chi connectivity index (χ0n) is 33.1. The van der Waals surface area contributed by atoms with Gasteiger partial charge < -0.3 is 24.8 Å². The minimum absolute atomic E-state index is 0.103. The number of carbonyl (C=O) groups excluding carboxylic acids is 2. The zero-order chi connectivity index (χ0) is 38.5. The number of fused-ring (bicyclic) bond motifs is 4. The van der Waals surface area contributed by atoms with Crippen molar-refractivity contribution in [3.8, 4) is 33.5 Å². The molecular formula is C45H54N6O4. The first kappa shape index (κ1) is 36.8. The summed E-state index contributed by atoms with van der Waals surface area (Å²) < 4.78 is 11.4. The van der Waals surface area contributed by atoms with Crippen molar-refractivity contribution in [1.29, 1.82) is 0 Å². The van der Waals surface area contributed by atoms with Crippen LogP contribution in [0.1, 0.15) is 122 Å². The monoisotopic (exact) mass is 742 g/mol. The molecule has 0 spiro atoms. The third-order valence-corrected chi connectivity index (χ3v) is 11.2. The van der Waals surface area contributed by atoms with Gasteiger partial charge >= 0.3 is 12.2 Å². The number of alkyl carbamates (subject to hydrolysis) is 1. The van der Waals surface area contributed by atoms with Crippen LogP contribution in [0, 0.1) is 0 Å². The van der Waals surface area contributed by atoms with Crippen LogP contribution in [-0.2, 0) is 27.9 Å². The second-order valence-electron chi connectivity index (χ2n) is 17.7. The number of amides is 2. The van der Waals surface area contributed by atoms with E-state index in [1.807, 2.05) is 46.4 Å². The number of aryl methyl sites for hydroxylation is 2. The van der Waals surface area contributed by atoms with Crippen LogP contribution in [0.2, 0.25) is 0 Å². The molecule has 0 bridgehead atoms. The maximum absolute atomic E-state index is 13.0. The van der Waals surface area contributed by atoms with Gasteiger partial charge in [0, 0.05) is 17.8 Å². The first-order valence-electron chi connectivity index (χ1n) is 20.1. The van der Waals surface area contributed by atoms with Crippen molar-refractivity contribution in [2.45, 2.75) is 129 Å². The normalized spacial score (nSPS) is 18.4. The molecule has 1 saturated carbocycles. The fourth-order valence-electron chi connectivity index (χ4n) is 8.59. The van der Waals surface area contributed by atoms with Gasteiger partial charge in [-0.15, -0.1) is 0 Å². The van der Waals surface area contributed by atoms with E-state index in [-0.39, 0.29) is 12.1 Å². The highest BCUT2D eigenvalue weighted by molar-refractivity contribution is 5.83. The molecule has 2 fully saturated rings. The molecular weight excluding hydrogens is 689 g/mol. The fraction of sp³-hybridized carbons (Fsp3) is 0.467. The highest BCUT2D eigenvalue weighted by Gasteiger charge is 2.40. The van der Waals surface area contributed by atoms with E-state index in [2.05, 4.69) is 75.9 Å². The van der Waals surface area contributed by atoms with Gasteiger partial charge in [-0.05, 0) is 126 Å². The van der Waals surface area contributed by atoms with E-state index in [9.17, 15) is 9.59 Å². The van der Waals surface area contributed by atoms with Gasteiger partial charge in [0.2, 0.25) is 0 Å². The summed E-state index contributed by atoms with van der Waals surface area (Å²) in [6.07, 6.45) is 8.90. The van der Waals surface area contributed by atoms with Crippen LogP contribution in [0.3, 0.4) is 0 Å². The molecule has 2 aromatic heterocycles. The molecule has 2 amide bonds. The second kappa shape index (κ2) is 14.2. The SMILES string of the molecule is CC(C)(C)OC(=O)NC1(c2nc3ccc(-c4ccc(-c5ccc6c(c5)CCCc5[nH]c([C@@H]7CCCN7C(=O)OC(C)(C)C)nc5-6)cc4)cc3[nH]2)CCCCC1. The summed E-state index contributed by atoms with van der Waals surface area (Å²) in [5, 5.41) is 3.21. The maximum atomic E-state index is 13.0. The number of imidazole rings is 2. The number of aromatic amines is 2. The number of benzene rings is 3. The van der Waals surface area contributed by atoms with E-state index in [1.165, 1.54) is 16.7 Å². The molecule has 10 nitrogen and oxygen atoms in total. The number of likely N-dealkylation sites (tertiary alicyclic amines) is 1. The molecule has 8 rings (SSSR count). The summed E-state index contributed by atoms with van der Waals surface area (Å²) in [4.78, 5) is 45.2. The molecule has 3 heterocycles. The molecule has 10 heteroatoms. The van der Waals surface area contributed by atoms with Gasteiger partial charge in [0.1, 0.15) is 28.4 Å². The molecule has 3 aromatic carbocycles. The van der Waals surface area contributed by atoms with E-state index < -0.39 is 22.8 Å². The first-order valence-corrected chi connectivity index (χ1v) is 20.1. The zero-order valence-corrected chi connectivity index (χ0v) is 33.1. The van der Waals surface area contributed by atoms with Crippen LogP contribution in [0.15, 0.2) is 60.7 Å². The minimum Gasteiger partial charge on any atom is -0.444 e. The predicted octanol–water partition coefficient (Wildman–Crippen LogP) is 10.5. The van der Waals surface area contributed by atoms with Gasteiger partial charge in [0.05, 0.1) is 22.8 Å². The number of rotatable bonds is 5. The average Bonchev–Trinajstić information content (AvgIpc) is 3.87. The summed E-state index contributed by atoms with van der Waals surface area (Å²) in [6, 6.07) is 21.7. The molecule has 1 aliphatic heterocycles. The van der Waals surface area contributed by atoms with Crippen molar-refractivity contribution in [2.24, 2.45) is 0 Å². The summed E-state index contributed by atoms with van der Waals surface area (Å²) in [7, 11) is 0. The van der Waals surface area contributed by atoms with E-state index in [0.29, 0.717) is 6.54 Å². The lowest BCUT2D eigenvalue weighted by molar-refractivity contribution is 0.0218. The summed E-state index contributed by atoms with van der Waals surface area (Å²) in [5.74, 6) is 1.65. The Morgan fingerprint density at radius 3 is 2.15 bits per heavy atom. The number of aromatic nitrogens is 4. The molecule has 0 unspecified atom stereocenters. The van der Waals surface area contributed by atoms with Crippen molar-refractivity contribution < 1.29 is 19.1 Å². The van der Waals surface area contributed by atoms with Gasteiger partial charge in [0.25, 0.3) is 0 Å². The lowest BCUT2D eigenvalue weighted by Crippen LogP contribution is -2.49. The third kappa shape index (κ3) is 7.73. The fourth-order valence-corrected chi connectivity index (χ4v) is 8.59. The molecule has 3 aliphatic rings. The maximum Gasteiger partial charge on any atom is 0.410 e. The first-order chi connectivity index (χ1) is 26.2. The Morgan fingerprint density at radius 2 is 1.44 bits per heavy atom. The Morgan fingerprint density at radius 1 is 0.764 bits per heavy atom. The topological polar surface area (TPSA) is 125 Å². The Bertz CT molecular complexity index is 2210. The van der Waals surface area contributed by atoms with Crippen LogP contribution in [0.4, 0.5) is 9.59 Å². The molecule has 5 aromatic rings. The Hall–Kier alpha value is -5.12. The van der Waals surface area contributed by atoms with Crippen LogP contribution < -0.4 is 5.32 Å². The number of hydrogen-bond donors (Lipinski definition) is 3. The van der Waals surface area contributed by atoms with Crippen molar-refractivity contribution in [3.63, 3.8) is 0 Å². The van der Waals surface area contributed by atoms with E-state index >= 15 is 0 Å². The van der Waals surface area contributed by atoms with Crippen molar-refractivity contribution in [2.75, 3.05) is 6.54 Å². The molecule has 3 N–H and O–H groups in total. The largest absolute Gasteiger partial charge is 0.444 e. The lowest BCUT2D eigenvalue weighted by atomic mass is 9.81. The molecule has 55 heavy (non-hydrogen) atoms. The number of hydrogen-bond acceptors (Lipinski definition) is 6. The summed E-state index contributed by atoms with van der Waals surface area (Å²) in [6.45, 7) is 12.1. The summed E-state index contributed by atoms with van der Waals surface area (Å²) >= 11 is 0. The van der Waals surface area contributed by atoms with Crippen LogP contribution in [0.5, 0.6) is 0 Å². The number of nitrogens with one attached hydrogen (secondary N) is 3. The van der Waals surface area contributed by atoms with Crippen molar-refractivity contribution in [3.05, 3.63) is 83.6 Å². The van der Waals surface area contributed by atoms with Gasteiger partial charge in [0.15, 0.2) is 0 Å². The Kier molecular flexibility index (Phi) is 9.50. The van der Waals surface area contributed by atoms with Crippen molar-refractivity contribution in [1.82, 2.24) is 30.2 Å². The summed E-state index contributed by atoms with van der Waals surface area (Å²) in [5.41, 5.74) is 9.33. The third-order valence-electron chi connectivity index (χ3n) is 11.2. The average molecular weight is 743 g/mol. The van der Waals surface area contributed by atoms with Crippen LogP contribution >= 0.6 is 0 Å². The predicted molar refractivity (Wildman–Crippen MR) is 216 cm³/mol. The minimum atomic E-state index is -0.574. The number of carbonyl (C=O) groups is 2. The van der Waals surface area contributed by atoms with E-state index in [1.54, 1.807) is 0 Å². The Labute approximate surface area is 323 Å². The molecule has 0 radical (unpaired) electrons. The highest BCUT2D eigenvalue weighted by atomic mass is 16.6. The van der Waals surface area contributed by atoms with Gasteiger partial charge in [-0.25, -0.2) is 19.6 Å².